The molecule has 0 unspecified atom stereocenters. The number of fused-ring (bicyclic) bond motifs is 1. The van der Waals surface area contributed by atoms with Gasteiger partial charge in [0.2, 0.25) is 5.91 Å². The number of aromatic amines is 1. The quantitative estimate of drug-likeness (QED) is 0.771. The normalized spacial score (nSPS) is 10.3. The van der Waals surface area contributed by atoms with Gasteiger partial charge in [0.15, 0.2) is 0 Å². The molecule has 0 aliphatic heterocycles. The van der Waals surface area contributed by atoms with E-state index >= 15 is 0 Å². The molecule has 0 fully saturated rings. The van der Waals surface area contributed by atoms with Gasteiger partial charge in [0.05, 0.1) is 12.1 Å². The lowest BCUT2D eigenvalue weighted by Crippen LogP contribution is -2.14. The lowest BCUT2D eigenvalue weighted by atomic mass is 10.2. The summed E-state index contributed by atoms with van der Waals surface area (Å²) in [5.41, 5.74) is 1.69. The number of amides is 1. The molecule has 1 amide bonds. The van der Waals surface area contributed by atoms with Crippen molar-refractivity contribution in [2.24, 2.45) is 0 Å². The molecule has 2 rings (SSSR count). The van der Waals surface area contributed by atoms with E-state index < -0.39 is 0 Å². The number of hydrogen-bond acceptors (Lipinski definition) is 2. The Kier molecular flexibility index (Phi) is 2.72. The average molecular weight is 216 g/mol. The fraction of sp³-hybridized carbons (Fsp3) is 0.167. The van der Waals surface area contributed by atoms with Gasteiger partial charge in [0.25, 0.3) is 0 Å². The number of Topliss-reactive ketones (excluding diaryl/α,β-unsaturated/α-hetero) is 1. The summed E-state index contributed by atoms with van der Waals surface area (Å²) < 4.78 is 0. The lowest BCUT2D eigenvalue weighted by molar-refractivity contribution is -0.124. The van der Waals surface area contributed by atoms with Gasteiger partial charge in [-0.3, -0.25) is 9.59 Å². The molecule has 1 aromatic carbocycles. The van der Waals surface area contributed by atoms with E-state index in [1.165, 1.54) is 6.92 Å². The Morgan fingerprint density at radius 3 is 2.88 bits per heavy atom. The maximum absolute atomic E-state index is 11.4. The molecule has 0 bridgehead atoms. The predicted molar refractivity (Wildman–Crippen MR) is 62.2 cm³/mol. The third-order valence-corrected chi connectivity index (χ3v) is 2.28. The summed E-state index contributed by atoms with van der Waals surface area (Å²) in [6.07, 6.45) is 1.73. The molecule has 0 spiro atoms. The van der Waals surface area contributed by atoms with Crippen molar-refractivity contribution in [1.29, 1.82) is 0 Å². The van der Waals surface area contributed by atoms with Gasteiger partial charge < -0.3 is 10.3 Å². The van der Waals surface area contributed by atoms with Crippen LogP contribution in [0.1, 0.15) is 13.3 Å². The molecule has 2 N–H and O–H groups in total. The molecular formula is C12H12N2O2. The first kappa shape index (κ1) is 10.4. The van der Waals surface area contributed by atoms with Crippen LogP contribution in [0, 0.1) is 0 Å². The predicted octanol–water partition coefficient (Wildman–Crippen LogP) is 2.09. The summed E-state index contributed by atoms with van der Waals surface area (Å²) in [6, 6.07) is 7.48. The zero-order chi connectivity index (χ0) is 11.5. The molecule has 4 nitrogen and oxygen atoms in total. The van der Waals surface area contributed by atoms with Crippen molar-refractivity contribution in [1.82, 2.24) is 4.98 Å². The second-order valence-corrected chi connectivity index (χ2v) is 3.67. The zero-order valence-electron chi connectivity index (χ0n) is 8.91. The number of nitrogens with one attached hydrogen (secondary N) is 2. The molecule has 82 valence electrons. The van der Waals surface area contributed by atoms with Crippen LogP contribution in [0.5, 0.6) is 0 Å². The molecule has 0 radical (unpaired) electrons. The second kappa shape index (κ2) is 4.18. The van der Waals surface area contributed by atoms with E-state index in [1.807, 2.05) is 30.5 Å². The second-order valence-electron chi connectivity index (χ2n) is 3.67. The molecule has 0 saturated carbocycles. The Balaban J connectivity index is 2.24. The van der Waals surface area contributed by atoms with Gasteiger partial charge in [0.1, 0.15) is 5.78 Å². The van der Waals surface area contributed by atoms with Crippen LogP contribution < -0.4 is 5.32 Å². The van der Waals surface area contributed by atoms with E-state index in [2.05, 4.69) is 10.3 Å². The van der Waals surface area contributed by atoms with Crippen molar-refractivity contribution < 1.29 is 9.59 Å². The molecular weight excluding hydrogens is 204 g/mol. The van der Waals surface area contributed by atoms with Gasteiger partial charge in [0, 0.05) is 17.1 Å². The first-order chi connectivity index (χ1) is 7.66. The van der Waals surface area contributed by atoms with E-state index in [0.717, 1.165) is 16.6 Å². The third kappa shape index (κ3) is 2.11. The maximum Gasteiger partial charge on any atom is 0.231 e. The summed E-state index contributed by atoms with van der Waals surface area (Å²) in [6.45, 7) is 1.40. The molecule has 0 atom stereocenters. The highest BCUT2D eigenvalue weighted by Gasteiger charge is 2.07. The summed E-state index contributed by atoms with van der Waals surface area (Å²) in [7, 11) is 0. The van der Waals surface area contributed by atoms with Crippen LogP contribution >= 0.6 is 0 Å². The van der Waals surface area contributed by atoms with Gasteiger partial charge in [-0.2, -0.15) is 0 Å². The highest BCUT2D eigenvalue weighted by atomic mass is 16.2. The zero-order valence-corrected chi connectivity index (χ0v) is 8.91. The standard InChI is InChI=1S/C12H12N2O2/c1-8(15)7-12(16)14-11-4-2-3-10-9(11)5-6-13-10/h2-6,13H,7H2,1H3,(H,14,16). The van der Waals surface area contributed by atoms with Gasteiger partial charge in [-0.25, -0.2) is 0 Å². The van der Waals surface area contributed by atoms with E-state index in [4.69, 9.17) is 0 Å². The molecule has 0 aliphatic carbocycles. The maximum atomic E-state index is 11.4. The van der Waals surface area contributed by atoms with E-state index in [-0.39, 0.29) is 18.1 Å². The largest absolute Gasteiger partial charge is 0.361 e. The SMILES string of the molecule is CC(=O)CC(=O)Nc1cccc2[nH]ccc12. The van der Waals surface area contributed by atoms with Gasteiger partial charge in [-0.1, -0.05) is 6.07 Å². The number of anilines is 1. The van der Waals surface area contributed by atoms with Gasteiger partial charge in [-0.15, -0.1) is 0 Å². The van der Waals surface area contributed by atoms with Crippen molar-refractivity contribution >= 4 is 28.3 Å². The molecule has 1 aromatic heterocycles. The Morgan fingerprint density at radius 2 is 2.12 bits per heavy atom. The number of carbonyl (C=O) groups is 2. The molecule has 0 aliphatic rings. The van der Waals surface area contributed by atoms with Crippen LogP contribution in [0.25, 0.3) is 10.9 Å². The number of ketones is 1. The van der Waals surface area contributed by atoms with Crippen molar-refractivity contribution in [3.63, 3.8) is 0 Å². The summed E-state index contributed by atoms with van der Waals surface area (Å²) in [5, 5.41) is 3.67. The van der Waals surface area contributed by atoms with Gasteiger partial charge >= 0.3 is 0 Å². The van der Waals surface area contributed by atoms with Crippen LogP contribution in [-0.4, -0.2) is 16.7 Å². The number of aromatic nitrogens is 1. The molecule has 1 heterocycles. The molecule has 0 saturated heterocycles. The van der Waals surface area contributed by atoms with Gasteiger partial charge in [-0.05, 0) is 25.1 Å². The first-order valence-corrected chi connectivity index (χ1v) is 5.02. The Morgan fingerprint density at radius 1 is 1.31 bits per heavy atom. The van der Waals surface area contributed by atoms with Crippen molar-refractivity contribution in [3.05, 3.63) is 30.5 Å². The van der Waals surface area contributed by atoms with Crippen LogP contribution in [0.15, 0.2) is 30.5 Å². The number of H-pyrrole nitrogens is 1. The molecule has 16 heavy (non-hydrogen) atoms. The van der Waals surface area contributed by atoms with E-state index in [0.29, 0.717) is 0 Å². The fourth-order valence-corrected chi connectivity index (χ4v) is 1.61. The first-order valence-electron chi connectivity index (χ1n) is 5.02. The minimum atomic E-state index is -0.277. The molecule has 4 heteroatoms. The third-order valence-electron chi connectivity index (χ3n) is 2.28. The lowest BCUT2D eigenvalue weighted by Gasteiger charge is -2.05. The monoisotopic (exact) mass is 216 g/mol. The van der Waals surface area contributed by atoms with Crippen molar-refractivity contribution in [2.45, 2.75) is 13.3 Å². The molecule has 2 aromatic rings. The number of benzene rings is 1. The van der Waals surface area contributed by atoms with Crippen LogP contribution in [-0.2, 0) is 9.59 Å². The number of carbonyl (C=O) groups excluding carboxylic acids is 2. The number of rotatable bonds is 3. The summed E-state index contributed by atoms with van der Waals surface area (Å²) in [4.78, 5) is 25.3. The highest BCUT2D eigenvalue weighted by Crippen LogP contribution is 2.22. The smallest absolute Gasteiger partial charge is 0.231 e. The summed E-state index contributed by atoms with van der Waals surface area (Å²) in [5.74, 6) is -0.417. The highest BCUT2D eigenvalue weighted by molar-refractivity contribution is 6.07. The minimum absolute atomic E-state index is 0.0825. The topological polar surface area (TPSA) is 62.0 Å². The Bertz CT molecular complexity index is 543. The average Bonchev–Trinajstić information content (AvgIpc) is 2.65. The van der Waals surface area contributed by atoms with Crippen LogP contribution in [0.3, 0.4) is 0 Å². The Labute approximate surface area is 92.7 Å². The van der Waals surface area contributed by atoms with Crippen molar-refractivity contribution in [2.75, 3.05) is 5.32 Å². The van der Waals surface area contributed by atoms with Crippen LogP contribution in [0.2, 0.25) is 0 Å². The summed E-state index contributed by atoms with van der Waals surface area (Å²) >= 11 is 0. The van der Waals surface area contributed by atoms with Crippen molar-refractivity contribution in [3.8, 4) is 0 Å². The fourth-order valence-electron chi connectivity index (χ4n) is 1.61. The van der Waals surface area contributed by atoms with E-state index in [9.17, 15) is 9.59 Å². The number of hydrogen-bond donors (Lipinski definition) is 2. The minimum Gasteiger partial charge on any atom is -0.361 e. The Hall–Kier alpha value is -2.10. The van der Waals surface area contributed by atoms with Crippen LogP contribution in [0.4, 0.5) is 5.69 Å². The van der Waals surface area contributed by atoms with E-state index in [1.54, 1.807) is 0 Å².